The molecule has 2 N–H and O–H groups in total. The lowest BCUT2D eigenvalue weighted by molar-refractivity contribution is 0.626. The molecule has 5 heteroatoms. The topological polar surface area (TPSA) is 49.8 Å². The third-order valence-electron chi connectivity index (χ3n) is 5.38. The molecule has 0 fully saturated rings. The van der Waals surface area contributed by atoms with E-state index in [4.69, 9.17) is 0 Å². The summed E-state index contributed by atoms with van der Waals surface area (Å²) in [5.74, 6) is 1.29. The van der Waals surface area contributed by atoms with Crippen LogP contribution in [0.2, 0.25) is 0 Å². The van der Waals surface area contributed by atoms with E-state index in [1.54, 1.807) is 17.5 Å². The second-order valence-corrected chi connectivity index (χ2v) is 8.28. The Kier molecular flexibility index (Phi) is 4.36. The van der Waals surface area contributed by atoms with Crippen LogP contribution in [0.3, 0.4) is 0 Å². The minimum Gasteiger partial charge on any atom is -0.311 e. The third kappa shape index (κ3) is 2.90. The number of aryl methyl sites for hydroxylation is 1. The average Bonchev–Trinajstić information content (AvgIpc) is 2.70. The number of hydrogen-bond donors (Lipinski definition) is 2. The fraction of sp³-hybridized carbons (Fsp3) is 0.333. The summed E-state index contributed by atoms with van der Waals surface area (Å²) >= 11 is 2.11. The number of thioether (sulfide) groups is 1. The van der Waals surface area contributed by atoms with Gasteiger partial charge in [0.15, 0.2) is 0 Å². The van der Waals surface area contributed by atoms with Crippen molar-refractivity contribution < 1.29 is 0 Å². The van der Waals surface area contributed by atoms with E-state index in [-0.39, 0.29) is 0 Å². The molecule has 1 atom stereocenters. The second kappa shape index (κ2) is 6.99. The summed E-state index contributed by atoms with van der Waals surface area (Å²) in [5.41, 5.74) is 8.26. The van der Waals surface area contributed by atoms with E-state index in [2.05, 4.69) is 56.6 Å². The van der Waals surface area contributed by atoms with Crippen LogP contribution in [0.4, 0.5) is 0 Å². The highest BCUT2D eigenvalue weighted by atomic mass is 32.2. The number of rotatable bonds is 0. The fourth-order valence-electron chi connectivity index (χ4n) is 4.19. The lowest BCUT2D eigenvalue weighted by Crippen LogP contribution is -2.29. The highest BCUT2D eigenvalue weighted by Crippen LogP contribution is 2.40. The van der Waals surface area contributed by atoms with E-state index >= 15 is 0 Å². The van der Waals surface area contributed by atoms with Gasteiger partial charge in [-0.1, -0.05) is 30.3 Å². The molecule has 0 bridgehead atoms. The van der Waals surface area contributed by atoms with E-state index in [9.17, 15) is 0 Å². The molecule has 3 aliphatic rings. The molecule has 26 heavy (non-hydrogen) atoms. The Labute approximate surface area is 157 Å². The Morgan fingerprint density at radius 3 is 2.73 bits per heavy atom. The molecule has 0 aliphatic carbocycles. The van der Waals surface area contributed by atoms with Gasteiger partial charge in [-0.3, -0.25) is 0 Å². The summed E-state index contributed by atoms with van der Waals surface area (Å²) in [6, 6.07) is 13.0. The molecular formula is C21H22N4S. The van der Waals surface area contributed by atoms with Gasteiger partial charge in [-0.15, -0.1) is 0 Å². The maximum atomic E-state index is 4.26. The second-order valence-electron chi connectivity index (χ2n) is 6.97. The van der Waals surface area contributed by atoms with E-state index in [1.807, 2.05) is 12.1 Å². The molecule has 4 heterocycles. The standard InChI is InChI=1S/C11H13NS.C10H9N3/c1-2-8-4-5-13-10-7-12-6-9(3-1)11(8)10;1-2-7-4-11-5-9-10(7)8(3-1)12-6-13-9/h1-3,10,12H,4-7H2;1-3,6,11H,4-5H2. The summed E-state index contributed by atoms with van der Waals surface area (Å²) in [7, 11) is 0. The zero-order valence-corrected chi connectivity index (χ0v) is 15.5. The normalized spacial score (nSPS) is 20.1. The molecule has 4 nitrogen and oxygen atoms in total. The summed E-state index contributed by atoms with van der Waals surface area (Å²) < 4.78 is 0. The maximum absolute atomic E-state index is 4.26. The Bertz CT molecular complexity index is 889. The fourth-order valence-corrected chi connectivity index (χ4v) is 5.52. The minimum atomic E-state index is 0.730. The van der Waals surface area contributed by atoms with Crippen molar-refractivity contribution in [3.05, 3.63) is 70.7 Å². The zero-order chi connectivity index (χ0) is 17.3. The van der Waals surface area contributed by atoms with Gasteiger partial charge in [0, 0.05) is 36.8 Å². The minimum absolute atomic E-state index is 0.730. The van der Waals surface area contributed by atoms with Crippen molar-refractivity contribution in [2.75, 3.05) is 12.3 Å². The number of hydrogen-bond acceptors (Lipinski definition) is 5. The van der Waals surface area contributed by atoms with Gasteiger partial charge >= 0.3 is 0 Å². The first-order valence-electron chi connectivity index (χ1n) is 9.25. The van der Waals surface area contributed by atoms with Crippen LogP contribution >= 0.6 is 11.8 Å². The maximum Gasteiger partial charge on any atom is 0.116 e. The molecule has 0 saturated carbocycles. The number of nitrogens with zero attached hydrogens (tertiary/aromatic N) is 2. The van der Waals surface area contributed by atoms with E-state index in [1.165, 1.54) is 28.7 Å². The highest BCUT2D eigenvalue weighted by molar-refractivity contribution is 7.99. The van der Waals surface area contributed by atoms with Gasteiger partial charge in [0.05, 0.1) is 11.2 Å². The predicted molar refractivity (Wildman–Crippen MR) is 107 cm³/mol. The van der Waals surface area contributed by atoms with Crippen LogP contribution in [-0.2, 0) is 26.1 Å². The van der Waals surface area contributed by atoms with E-state index < -0.39 is 0 Å². The van der Waals surface area contributed by atoms with Gasteiger partial charge < -0.3 is 10.6 Å². The molecule has 0 radical (unpaired) electrons. The van der Waals surface area contributed by atoms with E-state index in [0.717, 1.165) is 42.6 Å². The molecule has 3 aromatic rings. The Morgan fingerprint density at radius 2 is 1.73 bits per heavy atom. The lowest BCUT2D eigenvalue weighted by Gasteiger charge is -2.31. The van der Waals surface area contributed by atoms with Crippen molar-refractivity contribution in [1.82, 2.24) is 20.6 Å². The average molecular weight is 363 g/mol. The summed E-state index contributed by atoms with van der Waals surface area (Å²) in [4.78, 5) is 8.51. The first-order chi connectivity index (χ1) is 12.9. The smallest absolute Gasteiger partial charge is 0.116 e. The van der Waals surface area contributed by atoms with Crippen molar-refractivity contribution in [3.63, 3.8) is 0 Å². The van der Waals surface area contributed by atoms with Crippen molar-refractivity contribution in [3.8, 4) is 0 Å². The Hall–Kier alpha value is -1.95. The third-order valence-corrected chi connectivity index (χ3v) is 6.62. The quantitative estimate of drug-likeness (QED) is 0.642. The largest absolute Gasteiger partial charge is 0.311 e. The van der Waals surface area contributed by atoms with Crippen molar-refractivity contribution >= 4 is 22.7 Å². The predicted octanol–water partition coefficient (Wildman–Crippen LogP) is 3.35. The van der Waals surface area contributed by atoms with Gasteiger partial charge in [-0.2, -0.15) is 11.8 Å². The van der Waals surface area contributed by atoms with Crippen molar-refractivity contribution in [2.24, 2.45) is 0 Å². The Balaban J connectivity index is 0.000000115. The van der Waals surface area contributed by atoms with Gasteiger partial charge in [0.25, 0.3) is 0 Å². The molecule has 132 valence electrons. The monoisotopic (exact) mass is 362 g/mol. The first kappa shape index (κ1) is 16.2. The van der Waals surface area contributed by atoms with Crippen LogP contribution in [0.15, 0.2) is 42.7 Å². The van der Waals surface area contributed by atoms with Gasteiger partial charge in [-0.25, -0.2) is 9.97 Å². The van der Waals surface area contributed by atoms with Crippen LogP contribution in [0, 0.1) is 0 Å². The molecule has 6 rings (SSSR count). The molecule has 0 amide bonds. The van der Waals surface area contributed by atoms with Crippen LogP contribution in [0.25, 0.3) is 10.9 Å². The summed E-state index contributed by atoms with van der Waals surface area (Å²) in [5, 5.41) is 8.76. The molecule has 2 aromatic carbocycles. The Morgan fingerprint density at radius 1 is 0.885 bits per heavy atom. The van der Waals surface area contributed by atoms with E-state index in [0.29, 0.717) is 0 Å². The zero-order valence-electron chi connectivity index (χ0n) is 14.7. The molecular weight excluding hydrogens is 340 g/mol. The van der Waals surface area contributed by atoms with Crippen molar-refractivity contribution in [1.29, 1.82) is 0 Å². The lowest BCUT2D eigenvalue weighted by atomic mass is 9.93. The molecule has 0 spiro atoms. The SMILES string of the molecule is c1cc2c3c(c1)CNCC3SCC2.c1cc2c3c(ncnc3c1)CNC2. The van der Waals surface area contributed by atoms with Gasteiger partial charge in [0.2, 0.25) is 0 Å². The summed E-state index contributed by atoms with van der Waals surface area (Å²) in [6.07, 6.45) is 2.90. The van der Waals surface area contributed by atoms with Crippen molar-refractivity contribution in [2.45, 2.75) is 31.3 Å². The highest BCUT2D eigenvalue weighted by Gasteiger charge is 2.25. The van der Waals surface area contributed by atoms with Gasteiger partial charge in [0.1, 0.15) is 6.33 Å². The van der Waals surface area contributed by atoms with Crippen LogP contribution in [0.1, 0.15) is 33.2 Å². The summed E-state index contributed by atoms with van der Waals surface area (Å²) in [6.45, 7) is 4.02. The number of nitrogens with one attached hydrogen (secondary N) is 2. The molecule has 1 unspecified atom stereocenters. The number of benzene rings is 2. The molecule has 1 aromatic heterocycles. The first-order valence-corrected chi connectivity index (χ1v) is 10.3. The van der Waals surface area contributed by atoms with Gasteiger partial charge in [-0.05, 0) is 40.5 Å². The van der Waals surface area contributed by atoms with Crippen LogP contribution < -0.4 is 10.6 Å². The van der Waals surface area contributed by atoms with Crippen LogP contribution in [-0.4, -0.2) is 22.3 Å². The molecule has 3 aliphatic heterocycles. The molecule has 0 saturated heterocycles. The van der Waals surface area contributed by atoms with Crippen LogP contribution in [0.5, 0.6) is 0 Å². The number of aromatic nitrogens is 2.